The highest BCUT2D eigenvalue weighted by molar-refractivity contribution is 8.18. The first kappa shape index (κ1) is 18.8. The van der Waals surface area contributed by atoms with Gasteiger partial charge in [-0.25, -0.2) is 0 Å². The second-order valence-corrected chi connectivity index (χ2v) is 7.73. The van der Waals surface area contributed by atoms with Crippen LogP contribution in [-0.4, -0.2) is 23.9 Å². The lowest BCUT2D eigenvalue weighted by atomic mass is 9.86. The zero-order valence-electron chi connectivity index (χ0n) is 15.2. The lowest BCUT2D eigenvalue weighted by Crippen LogP contribution is -2.25. The third kappa shape index (κ3) is 4.61. The fourth-order valence-corrected chi connectivity index (χ4v) is 4.13. The molecule has 1 heterocycles. The first-order valence-corrected chi connectivity index (χ1v) is 10.1. The van der Waals surface area contributed by atoms with E-state index in [1.54, 1.807) is 6.08 Å². The van der Waals surface area contributed by atoms with Crippen molar-refractivity contribution in [2.45, 2.75) is 52.1 Å². The Labute approximate surface area is 158 Å². The van der Waals surface area contributed by atoms with Gasteiger partial charge in [-0.2, -0.15) is 0 Å². The summed E-state index contributed by atoms with van der Waals surface area (Å²) >= 11 is 0.911. The molecule has 1 atom stereocenters. The molecule has 6 heteroatoms. The number of nitrogens with one attached hydrogen (secondary N) is 1. The monoisotopic (exact) mass is 375 g/mol. The van der Waals surface area contributed by atoms with E-state index >= 15 is 0 Å². The van der Waals surface area contributed by atoms with Crippen LogP contribution in [0.3, 0.4) is 0 Å². The lowest BCUT2D eigenvalue weighted by molar-refractivity contribution is -0.115. The molecule has 140 valence electrons. The van der Waals surface area contributed by atoms with Crippen molar-refractivity contribution in [2.75, 3.05) is 6.61 Å². The average Bonchev–Trinajstić information content (AvgIpc) is 2.95. The molecule has 1 aliphatic heterocycles. The van der Waals surface area contributed by atoms with Gasteiger partial charge in [-0.1, -0.05) is 25.3 Å². The standard InChI is InChI=1S/C20H25NO4S/c1-3-24-17-11-14(12-18-19(22)21-20(23)26-18)9-10-16(17)25-13(2)15-7-5-4-6-8-15/h9-13,15H,3-8H2,1-2H3,(H,21,22,23)/b18-12-. The molecule has 0 bridgehead atoms. The molecule has 2 fully saturated rings. The number of hydrogen-bond acceptors (Lipinski definition) is 5. The molecule has 1 saturated heterocycles. The van der Waals surface area contributed by atoms with Gasteiger partial charge in [0, 0.05) is 0 Å². The van der Waals surface area contributed by atoms with Gasteiger partial charge in [-0.05, 0) is 68.1 Å². The molecule has 0 radical (unpaired) electrons. The summed E-state index contributed by atoms with van der Waals surface area (Å²) in [5.41, 5.74) is 0.804. The fraction of sp³-hybridized carbons (Fsp3) is 0.500. The van der Waals surface area contributed by atoms with Gasteiger partial charge in [0.2, 0.25) is 0 Å². The number of amides is 2. The molecule has 0 aromatic heterocycles. The first-order chi connectivity index (χ1) is 12.6. The summed E-state index contributed by atoms with van der Waals surface area (Å²) in [5.74, 6) is 1.62. The summed E-state index contributed by atoms with van der Waals surface area (Å²) in [6.45, 7) is 4.59. The maximum atomic E-state index is 11.7. The van der Waals surface area contributed by atoms with Crippen molar-refractivity contribution >= 4 is 29.0 Å². The number of thioether (sulfide) groups is 1. The van der Waals surface area contributed by atoms with Crippen molar-refractivity contribution in [1.82, 2.24) is 5.32 Å². The van der Waals surface area contributed by atoms with Crippen molar-refractivity contribution in [3.63, 3.8) is 0 Å². The molecule has 1 saturated carbocycles. The Hall–Kier alpha value is -1.95. The van der Waals surface area contributed by atoms with Gasteiger partial charge < -0.3 is 9.47 Å². The van der Waals surface area contributed by atoms with E-state index in [-0.39, 0.29) is 17.3 Å². The Morgan fingerprint density at radius 3 is 2.65 bits per heavy atom. The van der Waals surface area contributed by atoms with Crippen LogP contribution in [0.2, 0.25) is 0 Å². The van der Waals surface area contributed by atoms with Gasteiger partial charge in [0.05, 0.1) is 17.6 Å². The van der Waals surface area contributed by atoms with Crippen molar-refractivity contribution in [3.8, 4) is 11.5 Å². The molecule has 1 unspecified atom stereocenters. The number of hydrogen-bond donors (Lipinski definition) is 1. The molecule has 5 nitrogen and oxygen atoms in total. The number of ether oxygens (including phenoxy) is 2. The van der Waals surface area contributed by atoms with Crippen LogP contribution in [0, 0.1) is 5.92 Å². The van der Waals surface area contributed by atoms with E-state index < -0.39 is 0 Å². The SMILES string of the molecule is CCOc1cc(/C=C2\SC(=O)NC2=O)ccc1OC(C)C1CCCCC1. The highest BCUT2D eigenvalue weighted by Crippen LogP contribution is 2.35. The van der Waals surface area contributed by atoms with Crippen LogP contribution in [-0.2, 0) is 4.79 Å². The molecule has 2 amide bonds. The van der Waals surface area contributed by atoms with Crippen molar-refractivity contribution in [1.29, 1.82) is 0 Å². The number of imide groups is 1. The van der Waals surface area contributed by atoms with E-state index in [9.17, 15) is 9.59 Å². The van der Waals surface area contributed by atoms with Crippen LogP contribution >= 0.6 is 11.8 Å². The summed E-state index contributed by atoms with van der Waals surface area (Å²) in [4.78, 5) is 23.4. The fourth-order valence-electron chi connectivity index (χ4n) is 3.45. The predicted octanol–water partition coefficient (Wildman–Crippen LogP) is 4.76. The van der Waals surface area contributed by atoms with E-state index in [0.29, 0.717) is 23.2 Å². The van der Waals surface area contributed by atoms with Crippen molar-refractivity contribution in [3.05, 3.63) is 28.7 Å². The van der Waals surface area contributed by atoms with E-state index in [4.69, 9.17) is 9.47 Å². The molecule has 0 spiro atoms. The Balaban J connectivity index is 1.77. The lowest BCUT2D eigenvalue weighted by Gasteiger charge is -2.28. The van der Waals surface area contributed by atoms with E-state index in [2.05, 4.69) is 12.2 Å². The highest BCUT2D eigenvalue weighted by Gasteiger charge is 2.25. The Morgan fingerprint density at radius 1 is 1.23 bits per heavy atom. The molecular weight excluding hydrogens is 350 g/mol. The third-order valence-corrected chi connectivity index (χ3v) is 5.64. The van der Waals surface area contributed by atoms with Gasteiger partial charge in [-0.3, -0.25) is 14.9 Å². The van der Waals surface area contributed by atoms with Crippen LogP contribution in [0.4, 0.5) is 4.79 Å². The van der Waals surface area contributed by atoms with Gasteiger partial charge in [-0.15, -0.1) is 0 Å². The van der Waals surface area contributed by atoms with Crippen LogP contribution in [0.15, 0.2) is 23.1 Å². The average molecular weight is 375 g/mol. The van der Waals surface area contributed by atoms with Gasteiger partial charge in [0.25, 0.3) is 11.1 Å². The molecule has 2 aliphatic rings. The summed E-state index contributed by atoms with van der Waals surface area (Å²) in [6, 6.07) is 5.63. The van der Waals surface area contributed by atoms with Crippen molar-refractivity contribution in [2.24, 2.45) is 5.92 Å². The third-order valence-electron chi connectivity index (χ3n) is 4.83. The number of carbonyl (C=O) groups excluding carboxylic acids is 2. The molecule has 1 N–H and O–H groups in total. The van der Waals surface area contributed by atoms with Gasteiger partial charge in [0.15, 0.2) is 11.5 Å². The van der Waals surface area contributed by atoms with Crippen LogP contribution in [0.5, 0.6) is 11.5 Å². The maximum Gasteiger partial charge on any atom is 0.290 e. The maximum absolute atomic E-state index is 11.7. The predicted molar refractivity (Wildman–Crippen MR) is 103 cm³/mol. The normalized spacial score (nSPS) is 20.9. The first-order valence-electron chi connectivity index (χ1n) is 9.25. The van der Waals surface area contributed by atoms with Crippen molar-refractivity contribution < 1.29 is 19.1 Å². The Morgan fingerprint density at radius 2 is 2.00 bits per heavy atom. The summed E-state index contributed by atoms with van der Waals surface area (Å²) in [7, 11) is 0. The Kier molecular flexibility index (Phi) is 6.25. The smallest absolute Gasteiger partial charge is 0.290 e. The minimum absolute atomic E-state index is 0.146. The molecule has 26 heavy (non-hydrogen) atoms. The summed E-state index contributed by atoms with van der Waals surface area (Å²) < 4.78 is 12.0. The quantitative estimate of drug-likeness (QED) is 0.727. The molecular formula is C20H25NO4S. The molecule has 1 aromatic rings. The van der Waals surface area contributed by atoms with Gasteiger partial charge >= 0.3 is 0 Å². The van der Waals surface area contributed by atoms with E-state index in [1.807, 2.05) is 25.1 Å². The molecule has 1 aromatic carbocycles. The van der Waals surface area contributed by atoms with Gasteiger partial charge in [0.1, 0.15) is 0 Å². The minimum Gasteiger partial charge on any atom is -0.490 e. The highest BCUT2D eigenvalue weighted by atomic mass is 32.2. The Bertz CT molecular complexity index is 710. The van der Waals surface area contributed by atoms with Crippen LogP contribution < -0.4 is 14.8 Å². The zero-order valence-corrected chi connectivity index (χ0v) is 16.1. The topological polar surface area (TPSA) is 64.6 Å². The summed E-state index contributed by atoms with van der Waals surface area (Å²) in [5, 5.41) is 1.92. The number of rotatable bonds is 6. The van der Waals surface area contributed by atoms with Crippen LogP contribution in [0.25, 0.3) is 6.08 Å². The summed E-state index contributed by atoms with van der Waals surface area (Å²) in [6.07, 6.45) is 8.16. The minimum atomic E-state index is -0.357. The second-order valence-electron chi connectivity index (χ2n) is 6.71. The van der Waals surface area contributed by atoms with E-state index in [1.165, 1.54) is 32.1 Å². The second kappa shape index (κ2) is 8.62. The van der Waals surface area contributed by atoms with Crippen LogP contribution in [0.1, 0.15) is 51.5 Å². The largest absolute Gasteiger partial charge is 0.490 e. The number of benzene rings is 1. The zero-order chi connectivity index (χ0) is 18.5. The van der Waals surface area contributed by atoms with E-state index in [0.717, 1.165) is 23.1 Å². The molecule has 1 aliphatic carbocycles. The number of carbonyl (C=O) groups is 2. The molecule has 3 rings (SSSR count).